The third-order valence-corrected chi connectivity index (χ3v) is 3.42. The number of Topliss-reactive ketones (excluding diaryl/α,β-unsaturated/α-hetero) is 1. The second kappa shape index (κ2) is 6.08. The van der Waals surface area contributed by atoms with Crippen LogP contribution in [-0.4, -0.2) is 30.8 Å². The van der Waals surface area contributed by atoms with Crippen LogP contribution in [-0.2, 0) is 4.74 Å². The number of carbonyl (C=O) groups is 1. The van der Waals surface area contributed by atoms with Gasteiger partial charge in [-0.2, -0.15) is 26.3 Å². The van der Waals surface area contributed by atoms with Gasteiger partial charge >= 0.3 is 12.4 Å². The lowest BCUT2D eigenvalue weighted by Gasteiger charge is -2.22. The van der Waals surface area contributed by atoms with Crippen LogP contribution in [0.25, 0.3) is 0 Å². The van der Waals surface area contributed by atoms with Gasteiger partial charge in [0.2, 0.25) is 6.10 Å². The maximum atomic E-state index is 12.2. The number of ketones is 1. The lowest BCUT2D eigenvalue weighted by atomic mass is 10.2. The molecule has 0 fully saturated rings. The van der Waals surface area contributed by atoms with Crippen LogP contribution in [0, 0.1) is 0 Å². The van der Waals surface area contributed by atoms with Gasteiger partial charge in [0.25, 0.3) is 0 Å². The monoisotopic (exact) mass is 360 g/mol. The fourth-order valence-electron chi connectivity index (χ4n) is 1.14. The minimum Gasteiger partial charge on any atom is -0.353 e. The average Bonchev–Trinajstić information content (AvgIpc) is 2.53. The van der Waals surface area contributed by atoms with Crippen LogP contribution in [0.4, 0.5) is 26.3 Å². The van der Waals surface area contributed by atoms with Gasteiger partial charge < -0.3 is 4.74 Å². The molecule has 1 heterocycles. The first-order valence-electron chi connectivity index (χ1n) is 4.66. The van der Waals surface area contributed by atoms with E-state index >= 15 is 0 Å². The van der Waals surface area contributed by atoms with E-state index in [4.69, 9.17) is 23.2 Å². The van der Waals surface area contributed by atoms with Gasteiger partial charge in [-0.25, -0.2) is 0 Å². The number of hydrogen-bond donors (Lipinski definition) is 0. The number of alkyl halides is 6. The third-order valence-electron chi connectivity index (χ3n) is 1.93. The van der Waals surface area contributed by atoms with E-state index in [1.807, 2.05) is 0 Å². The Morgan fingerprint density at radius 2 is 1.70 bits per heavy atom. The summed E-state index contributed by atoms with van der Waals surface area (Å²) in [5, 5.41) is 0. The van der Waals surface area contributed by atoms with Crippen LogP contribution < -0.4 is 0 Å². The Morgan fingerprint density at radius 3 is 2.05 bits per heavy atom. The van der Waals surface area contributed by atoms with Crippen LogP contribution in [0.15, 0.2) is 6.07 Å². The number of thiophene rings is 1. The van der Waals surface area contributed by atoms with E-state index in [0.29, 0.717) is 0 Å². The predicted molar refractivity (Wildman–Crippen MR) is 60.5 cm³/mol. The maximum absolute atomic E-state index is 12.2. The van der Waals surface area contributed by atoms with E-state index in [1.165, 1.54) is 0 Å². The lowest BCUT2D eigenvalue weighted by Crippen LogP contribution is -2.45. The normalized spacial score (nSPS) is 13.1. The summed E-state index contributed by atoms with van der Waals surface area (Å²) in [6.07, 6.45) is -15.4. The smallest absolute Gasteiger partial charge is 0.353 e. The van der Waals surface area contributed by atoms with Gasteiger partial charge in [0, 0.05) is 0 Å². The zero-order valence-corrected chi connectivity index (χ0v) is 11.4. The molecule has 0 spiro atoms. The van der Waals surface area contributed by atoms with Gasteiger partial charge in [-0.15, -0.1) is 11.3 Å². The van der Waals surface area contributed by atoms with Crippen molar-refractivity contribution < 1.29 is 35.9 Å². The van der Waals surface area contributed by atoms with Crippen LogP contribution in [0.1, 0.15) is 10.4 Å². The van der Waals surface area contributed by atoms with E-state index in [2.05, 4.69) is 4.74 Å². The van der Waals surface area contributed by atoms with Crippen LogP contribution in [0.3, 0.4) is 0 Å². The first kappa shape index (κ1) is 17.5. The third kappa shape index (κ3) is 4.51. The highest BCUT2D eigenvalue weighted by Gasteiger charge is 2.58. The van der Waals surface area contributed by atoms with Crippen molar-refractivity contribution in [1.82, 2.24) is 0 Å². The summed E-state index contributed by atoms with van der Waals surface area (Å²) < 4.78 is 76.5. The van der Waals surface area contributed by atoms with Gasteiger partial charge in [-0.05, 0) is 6.07 Å². The summed E-state index contributed by atoms with van der Waals surface area (Å²) in [5.41, 5.74) is -0.287. The molecule has 0 aliphatic rings. The fraction of sp³-hybridized carbons (Fsp3) is 0.444. The quantitative estimate of drug-likeness (QED) is 0.572. The van der Waals surface area contributed by atoms with Gasteiger partial charge in [0.1, 0.15) is 10.9 Å². The molecule has 11 heteroatoms. The molecule has 0 aliphatic heterocycles. The second-order valence-electron chi connectivity index (χ2n) is 3.44. The van der Waals surface area contributed by atoms with E-state index in [1.54, 1.807) is 0 Å². The zero-order chi connectivity index (χ0) is 15.7. The van der Waals surface area contributed by atoms with Gasteiger partial charge in [-0.3, -0.25) is 4.79 Å². The van der Waals surface area contributed by atoms with Gasteiger partial charge in [0.05, 0.1) is 9.90 Å². The summed E-state index contributed by atoms with van der Waals surface area (Å²) >= 11 is 11.8. The Balaban J connectivity index is 2.79. The predicted octanol–water partition coefficient (Wildman–Crippen LogP) is 4.75. The van der Waals surface area contributed by atoms with Crippen molar-refractivity contribution in [2.45, 2.75) is 18.5 Å². The van der Waals surface area contributed by atoms with Crippen LogP contribution in [0.5, 0.6) is 0 Å². The van der Waals surface area contributed by atoms with Crippen molar-refractivity contribution >= 4 is 40.3 Å². The van der Waals surface area contributed by atoms with Crippen molar-refractivity contribution in [2.75, 3.05) is 6.61 Å². The number of halogens is 8. The molecule has 2 nitrogen and oxygen atoms in total. The molecule has 1 aromatic rings. The number of rotatable bonds is 4. The summed E-state index contributed by atoms with van der Waals surface area (Å²) in [7, 11) is 0. The highest BCUT2D eigenvalue weighted by Crippen LogP contribution is 2.36. The Morgan fingerprint density at radius 1 is 1.20 bits per heavy atom. The van der Waals surface area contributed by atoms with Crippen molar-refractivity contribution in [3.05, 3.63) is 20.3 Å². The molecule has 0 saturated carbocycles. The molecule has 20 heavy (non-hydrogen) atoms. The highest BCUT2D eigenvalue weighted by molar-refractivity contribution is 7.20. The summed E-state index contributed by atoms with van der Waals surface area (Å²) in [5.74, 6) is -1.13. The van der Waals surface area contributed by atoms with E-state index in [-0.39, 0.29) is 14.2 Å². The lowest BCUT2D eigenvalue weighted by molar-refractivity contribution is -0.318. The SMILES string of the molecule is O=C(COC(C(F)(F)F)C(F)(F)F)c1cc(Cl)sc1Cl. The highest BCUT2D eigenvalue weighted by atomic mass is 35.5. The van der Waals surface area contributed by atoms with E-state index in [0.717, 1.165) is 17.4 Å². The fourth-order valence-corrected chi connectivity index (χ4v) is 2.64. The van der Waals surface area contributed by atoms with Gasteiger partial charge in [-0.1, -0.05) is 23.2 Å². The standard InChI is InChI=1S/C9H4Cl2F6O2S/c10-5-1-3(6(11)20-5)4(18)2-19-7(8(12,13)14)9(15,16)17/h1,7H,2H2. The van der Waals surface area contributed by atoms with Crippen molar-refractivity contribution in [2.24, 2.45) is 0 Å². The van der Waals surface area contributed by atoms with Crippen molar-refractivity contribution in [1.29, 1.82) is 0 Å². The molecule has 1 aromatic heterocycles. The molecule has 0 unspecified atom stereocenters. The number of hydrogen-bond acceptors (Lipinski definition) is 3. The average molecular weight is 361 g/mol. The molecule has 0 radical (unpaired) electrons. The second-order valence-corrected chi connectivity index (χ2v) is 5.72. The van der Waals surface area contributed by atoms with Gasteiger partial charge in [0.15, 0.2) is 5.78 Å². The van der Waals surface area contributed by atoms with E-state index in [9.17, 15) is 31.1 Å². The van der Waals surface area contributed by atoms with Crippen molar-refractivity contribution in [3.8, 4) is 0 Å². The molecule has 0 atom stereocenters. The zero-order valence-electron chi connectivity index (χ0n) is 9.11. The number of ether oxygens (including phenoxy) is 1. The molecule has 0 bridgehead atoms. The largest absolute Gasteiger partial charge is 0.423 e. The molecular formula is C9H4Cl2F6O2S. The molecule has 0 N–H and O–H groups in total. The minimum absolute atomic E-state index is 0.0709. The first-order chi connectivity index (χ1) is 8.93. The molecule has 0 amide bonds. The Bertz CT molecular complexity index is 482. The van der Waals surface area contributed by atoms with Crippen LogP contribution in [0.2, 0.25) is 8.67 Å². The molecule has 0 aromatic carbocycles. The molecule has 0 saturated heterocycles. The van der Waals surface area contributed by atoms with E-state index < -0.39 is 30.8 Å². The Hall–Kier alpha value is -0.510. The topological polar surface area (TPSA) is 26.3 Å². The Labute approximate surface area is 122 Å². The summed E-state index contributed by atoms with van der Waals surface area (Å²) in [6.45, 7) is -1.42. The summed E-state index contributed by atoms with van der Waals surface area (Å²) in [4.78, 5) is 11.4. The van der Waals surface area contributed by atoms with Crippen molar-refractivity contribution in [3.63, 3.8) is 0 Å². The molecule has 1 rings (SSSR count). The summed E-state index contributed by atoms with van der Waals surface area (Å²) in [6, 6.07) is 1.04. The Kier molecular flexibility index (Phi) is 5.34. The molecular weight excluding hydrogens is 357 g/mol. The minimum atomic E-state index is -5.67. The first-order valence-corrected chi connectivity index (χ1v) is 6.23. The number of carbonyl (C=O) groups excluding carboxylic acids is 1. The van der Waals surface area contributed by atoms with Crippen LogP contribution >= 0.6 is 34.5 Å². The maximum Gasteiger partial charge on any atom is 0.423 e. The molecule has 114 valence electrons. The molecule has 0 aliphatic carbocycles.